The van der Waals surface area contributed by atoms with E-state index in [2.05, 4.69) is 14.3 Å². The third-order valence-electron chi connectivity index (χ3n) is 1.33. The van der Waals surface area contributed by atoms with E-state index in [1.165, 1.54) is 10.9 Å². The first-order chi connectivity index (χ1) is 5.66. The maximum absolute atomic E-state index is 10.6. The van der Waals surface area contributed by atoms with Crippen LogP contribution in [0.25, 0.3) is 0 Å². The van der Waals surface area contributed by atoms with Crippen molar-refractivity contribution in [3.63, 3.8) is 0 Å². The fourth-order valence-electron chi connectivity index (χ4n) is 0.823. The van der Waals surface area contributed by atoms with Crippen LogP contribution in [0.2, 0.25) is 0 Å². The monoisotopic (exact) mass is 188 g/mol. The van der Waals surface area contributed by atoms with Crippen LogP contribution in [-0.4, -0.2) is 27.2 Å². The van der Waals surface area contributed by atoms with Gasteiger partial charge in [-0.1, -0.05) is 9.24 Å². The quantitative estimate of drug-likeness (QED) is 0.694. The molecule has 0 aromatic carbocycles. The second-order valence-electron chi connectivity index (χ2n) is 2.10. The van der Waals surface area contributed by atoms with E-state index in [9.17, 15) is 4.79 Å². The van der Waals surface area contributed by atoms with Gasteiger partial charge >= 0.3 is 5.97 Å². The zero-order chi connectivity index (χ0) is 9.14. The minimum absolute atomic E-state index is 0.0833. The van der Waals surface area contributed by atoms with Crippen molar-refractivity contribution in [2.45, 2.75) is 0 Å². The number of rotatable bonds is 3. The van der Waals surface area contributed by atoms with Gasteiger partial charge < -0.3 is 9.84 Å². The Kier molecular flexibility index (Phi) is 2.65. The van der Waals surface area contributed by atoms with Crippen molar-refractivity contribution >= 4 is 15.2 Å². The molecule has 66 valence electrons. The van der Waals surface area contributed by atoms with Crippen LogP contribution < -0.4 is 4.74 Å². The zero-order valence-corrected chi connectivity index (χ0v) is 7.67. The molecule has 0 aliphatic carbocycles. The standard InChI is InChI=1S/C6H9N2O3P/c1-8-5(11-3-12)4(2-7-8)6(9)10/h2H,3,12H2,1H3,(H,9,10). The number of hydrogen-bond donors (Lipinski definition) is 1. The highest BCUT2D eigenvalue weighted by Crippen LogP contribution is 2.16. The topological polar surface area (TPSA) is 64.4 Å². The number of carboxylic acid groups (broad SMARTS) is 1. The average Bonchev–Trinajstić information content (AvgIpc) is 2.34. The van der Waals surface area contributed by atoms with Gasteiger partial charge in [-0.15, -0.1) is 0 Å². The Labute approximate surface area is 71.5 Å². The van der Waals surface area contributed by atoms with Crippen molar-refractivity contribution in [3.8, 4) is 5.88 Å². The van der Waals surface area contributed by atoms with Crippen LogP contribution in [0.3, 0.4) is 0 Å². The Morgan fingerprint density at radius 1 is 1.92 bits per heavy atom. The highest BCUT2D eigenvalue weighted by molar-refractivity contribution is 7.16. The lowest BCUT2D eigenvalue weighted by atomic mass is 10.3. The third kappa shape index (κ3) is 1.56. The van der Waals surface area contributed by atoms with Gasteiger partial charge in [-0.25, -0.2) is 9.48 Å². The first-order valence-electron chi connectivity index (χ1n) is 3.25. The van der Waals surface area contributed by atoms with Crippen LogP contribution in [0, 0.1) is 0 Å². The largest absolute Gasteiger partial charge is 0.477 e. The van der Waals surface area contributed by atoms with Crippen LogP contribution in [0.4, 0.5) is 0 Å². The van der Waals surface area contributed by atoms with Crippen LogP contribution in [0.15, 0.2) is 6.20 Å². The van der Waals surface area contributed by atoms with Crippen molar-refractivity contribution in [3.05, 3.63) is 11.8 Å². The number of hydrogen-bond acceptors (Lipinski definition) is 3. The second kappa shape index (κ2) is 3.54. The summed E-state index contributed by atoms with van der Waals surface area (Å²) >= 11 is 0. The number of aryl methyl sites for hydroxylation is 1. The molecule has 0 aliphatic heterocycles. The van der Waals surface area contributed by atoms with Gasteiger partial charge in [-0.3, -0.25) is 0 Å². The molecule has 1 N–H and O–H groups in total. The van der Waals surface area contributed by atoms with Gasteiger partial charge in [0.2, 0.25) is 5.88 Å². The first kappa shape index (κ1) is 9.00. The van der Waals surface area contributed by atoms with Crippen LogP contribution in [0.1, 0.15) is 10.4 Å². The van der Waals surface area contributed by atoms with Gasteiger partial charge in [0.15, 0.2) is 0 Å². The fraction of sp³-hybridized carbons (Fsp3) is 0.333. The van der Waals surface area contributed by atoms with E-state index < -0.39 is 5.97 Å². The second-order valence-corrected chi connectivity index (χ2v) is 2.44. The van der Waals surface area contributed by atoms with E-state index in [4.69, 9.17) is 9.84 Å². The van der Waals surface area contributed by atoms with E-state index >= 15 is 0 Å². The molecule has 0 saturated carbocycles. The van der Waals surface area contributed by atoms with Crippen LogP contribution in [0.5, 0.6) is 5.88 Å². The molecule has 0 spiro atoms. The van der Waals surface area contributed by atoms with E-state index in [0.717, 1.165) is 0 Å². The fourth-order valence-corrected chi connectivity index (χ4v) is 0.981. The van der Waals surface area contributed by atoms with E-state index in [0.29, 0.717) is 6.35 Å². The van der Waals surface area contributed by atoms with Crippen molar-refractivity contribution in [1.82, 2.24) is 9.78 Å². The number of aromatic nitrogens is 2. The summed E-state index contributed by atoms with van der Waals surface area (Å²) < 4.78 is 6.43. The molecule has 1 atom stereocenters. The Bertz CT molecular complexity index is 297. The average molecular weight is 188 g/mol. The Hall–Kier alpha value is -1.09. The molecule has 1 unspecified atom stereocenters. The predicted octanol–water partition coefficient (Wildman–Crippen LogP) is 0.330. The molecular weight excluding hydrogens is 179 g/mol. The number of carbonyl (C=O) groups is 1. The summed E-state index contributed by atoms with van der Waals surface area (Å²) in [4.78, 5) is 10.6. The van der Waals surface area contributed by atoms with Gasteiger partial charge in [-0.05, 0) is 0 Å². The molecule has 1 aromatic rings. The van der Waals surface area contributed by atoms with E-state index in [1.54, 1.807) is 7.05 Å². The molecule has 0 aliphatic rings. The molecule has 0 saturated heterocycles. The van der Waals surface area contributed by atoms with Crippen LogP contribution in [-0.2, 0) is 7.05 Å². The molecule has 5 nitrogen and oxygen atoms in total. The van der Waals surface area contributed by atoms with Crippen molar-refractivity contribution < 1.29 is 14.6 Å². The lowest BCUT2D eigenvalue weighted by molar-refractivity contribution is 0.0692. The Balaban J connectivity index is 3.03. The number of ether oxygens (including phenoxy) is 1. The Morgan fingerprint density at radius 3 is 3.08 bits per heavy atom. The molecule has 0 bridgehead atoms. The predicted molar refractivity (Wildman–Crippen MR) is 45.4 cm³/mol. The number of aromatic carboxylic acids is 1. The maximum atomic E-state index is 10.6. The summed E-state index contributed by atoms with van der Waals surface area (Å²) in [5, 5.41) is 12.4. The van der Waals surface area contributed by atoms with E-state index in [1.807, 2.05) is 0 Å². The van der Waals surface area contributed by atoms with Crippen LogP contribution >= 0.6 is 9.24 Å². The van der Waals surface area contributed by atoms with Crippen molar-refractivity contribution in [2.24, 2.45) is 7.05 Å². The zero-order valence-electron chi connectivity index (χ0n) is 6.52. The molecule has 6 heteroatoms. The summed E-state index contributed by atoms with van der Waals surface area (Å²) in [6.45, 7) is 0. The highest BCUT2D eigenvalue weighted by Gasteiger charge is 2.15. The third-order valence-corrected chi connectivity index (χ3v) is 1.50. The molecule has 0 fully saturated rings. The Morgan fingerprint density at radius 2 is 2.58 bits per heavy atom. The lowest BCUT2D eigenvalue weighted by Crippen LogP contribution is -2.03. The normalized spacial score (nSPS) is 9.83. The smallest absolute Gasteiger partial charge is 0.342 e. The molecule has 1 aromatic heterocycles. The summed E-state index contributed by atoms with van der Waals surface area (Å²) in [7, 11) is 3.97. The highest BCUT2D eigenvalue weighted by atomic mass is 31.0. The molecule has 0 radical (unpaired) electrons. The summed E-state index contributed by atoms with van der Waals surface area (Å²) in [6, 6.07) is 0. The van der Waals surface area contributed by atoms with E-state index in [-0.39, 0.29) is 11.4 Å². The van der Waals surface area contributed by atoms with Gasteiger partial charge in [0.05, 0.1) is 6.20 Å². The maximum Gasteiger partial charge on any atom is 0.342 e. The first-order valence-corrected chi connectivity index (χ1v) is 4.06. The van der Waals surface area contributed by atoms with Gasteiger partial charge in [0.1, 0.15) is 11.9 Å². The molecule has 1 rings (SSSR count). The minimum atomic E-state index is -1.03. The van der Waals surface area contributed by atoms with Gasteiger partial charge in [-0.2, -0.15) is 5.10 Å². The summed E-state index contributed by atoms with van der Waals surface area (Å²) in [6.07, 6.45) is 1.61. The van der Waals surface area contributed by atoms with Gasteiger partial charge in [0, 0.05) is 7.05 Å². The summed E-state index contributed by atoms with van der Waals surface area (Å²) in [5.41, 5.74) is 0.0833. The van der Waals surface area contributed by atoms with Crippen molar-refractivity contribution in [2.75, 3.05) is 6.35 Å². The van der Waals surface area contributed by atoms with Crippen molar-refractivity contribution in [1.29, 1.82) is 0 Å². The summed E-state index contributed by atoms with van der Waals surface area (Å²) in [5.74, 6) is -0.756. The minimum Gasteiger partial charge on any atom is -0.477 e. The molecular formula is C6H9N2O3P. The SMILES string of the molecule is Cn1ncc(C(=O)O)c1OCP. The molecule has 0 amide bonds. The molecule has 1 heterocycles. The lowest BCUT2D eigenvalue weighted by Gasteiger charge is -2.02. The molecule has 12 heavy (non-hydrogen) atoms. The van der Waals surface area contributed by atoms with Gasteiger partial charge in [0.25, 0.3) is 0 Å². The number of nitrogens with zero attached hydrogens (tertiary/aromatic N) is 2. The number of carboxylic acids is 1.